The number of thiophene rings is 1. The summed E-state index contributed by atoms with van der Waals surface area (Å²) in [4.78, 5) is 39.6. The van der Waals surface area contributed by atoms with Crippen LogP contribution in [0.1, 0.15) is 29.5 Å². The summed E-state index contributed by atoms with van der Waals surface area (Å²) in [6.07, 6.45) is 3.02. The van der Waals surface area contributed by atoms with Gasteiger partial charge in [-0.05, 0) is 61.2 Å². The molecule has 0 unspecified atom stereocenters. The maximum atomic E-state index is 13.8. The maximum absolute atomic E-state index is 13.8. The molecule has 1 aliphatic carbocycles. The van der Waals surface area contributed by atoms with Crippen LogP contribution in [0.15, 0.2) is 69.9 Å². The number of thiazole rings is 1. The maximum Gasteiger partial charge on any atom is 0.267 e. The van der Waals surface area contributed by atoms with Crippen LogP contribution in [0, 0.1) is 0 Å². The molecule has 0 bridgehead atoms. The normalized spacial score (nSPS) is 12.7. The van der Waals surface area contributed by atoms with E-state index < -0.39 is 0 Å². The van der Waals surface area contributed by atoms with Crippen LogP contribution in [-0.4, -0.2) is 20.4 Å². The number of carbonyl (C=O) groups is 1. The Balaban J connectivity index is 1.36. The van der Waals surface area contributed by atoms with Gasteiger partial charge in [-0.2, -0.15) is 0 Å². The lowest BCUT2D eigenvalue weighted by Crippen LogP contribution is -2.22. The summed E-state index contributed by atoms with van der Waals surface area (Å²) in [7, 11) is 0. The van der Waals surface area contributed by atoms with Crippen molar-refractivity contribution in [2.24, 2.45) is 0 Å². The van der Waals surface area contributed by atoms with Crippen LogP contribution in [0.25, 0.3) is 15.9 Å². The van der Waals surface area contributed by atoms with Gasteiger partial charge in [0, 0.05) is 28.0 Å². The van der Waals surface area contributed by atoms with E-state index in [4.69, 9.17) is 21.6 Å². The summed E-state index contributed by atoms with van der Waals surface area (Å²) in [5, 5.41) is 4.53. The van der Waals surface area contributed by atoms with Gasteiger partial charge < -0.3 is 0 Å². The Morgan fingerprint density at radius 2 is 1.89 bits per heavy atom. The van der Waals surface area contributed by atoms with E-state index >= 15 is 0 Å². The minimum absolute atomic E-state index is 0.0416. The lowest BCUT2D eigenvalue weighted by molar-refractivity contribution is -0.115. The lowest BCUT2D eigenvalue weighted by atomic mass is 10.2. The third-order valence-electron chi connectivity index (χ3n) is 6.20. The van der Waals surface area contributed by atoms with Gasteiger partial charge in [0.1, 0.15) is 4.83 Å². The average Bonchev–Trinajstić information content (AvgIpc) is 3.61. The third-order valence-corrected chi connectivity index (χ3v) is 9.49. The second-order valence-corrected chi connectivity index (χ2v) is 11.9. The molecule has 6 rings (SSSR count). The highest BCUT2D eigenvalue weighted by atomic mass is 35.5. The van der Waals surface area contributed by atoms with Crippen molar-refractivity contribution in [3.05, 3.63) is 91.5 Å². The number of anilines is 2. The number of amides is 1. The molecule has 0 N–H and O–H groups in total. The number of benzene rings is 2. The molecule has 1 aliphatic rings. The molecule has 3 heterocycles. The molecule has 0 fully saturated rings. The number of hydrogen-bond acceptors (Lipinski definition) is 7. The Labute approximate surface area is 230 Å². The molecule has 0 atom stereocenters. The van der Waals surface area contributed by atoms with E-state index in [1.54, 1.807) is 32.9 Å². The Kier molecular flexibility index (Phi) is 6.62. The summed E-state index contributed by atoms with van der Waals surface area (Å²) < 4.78 is 1.69. The van der Waals surface area contributed by atoms with Gasteiger partial charge >= 0.3 is 0 Å². The van der Waals surface area contributed by atoms with Gasteiger partial charge in [0.2, 0.25) is 5.91 Å². The van der Waals surface area contributed by atoms with Crippen molar-refractivity contribution in [1.82, 2.24) is 14.5 Å². The summed E-state index contributed by atoms with van der Waals surface area (Å²) in [6, 6.07) is 16.7. The summed E-state index contributed by atoms with van der Waals surface area (Å²) in [6.45, 7) is 1.53. The Hall–Kier alpha value is -2.98. The van der Waals surface area contributed by atoms with Gasteiger partial charge in [-0.25, -0.2) is 9.97 Å². The molecule has 37 heavy (non-hydrogen) atoms. The van der Waals surface area contributed by atoms with Gasteiger partial charge in [-0.3, -0.25) is 19.1 Å². The van der Waals surface area contributed by atoms with Crippen LogP contribution in [-0.2, 0) is 23.4 Å². The van der Waals surface area contributed by atoms with Crippen molar-refractivity contribution in [1.29, 1.82) is 0 Å². The SMILES string of the molecule is CC(=O)N(c1ccccc1)c1nc(CSc2nc3sc4c(c3c(=O)n2-c2ccc(Cl)cc2)CCC4)cs1. The topological polar surface area (TPSA) is 68.1 Å². The predicted octanol–water partition coefficient (Wildman–Crippen LogP) is 7.02. The zero-order valence-electron chi connectivity index (χ0n) is 19.8. The minimum atomic E-state index is -0.103. The second kappa shape index (κ2) is 10.1. The molecule has 6 nitrogen and oxygen atoms in total. The van der Waals surface area contributed by atoms with E-state index in [-0.39, 0.29) is 11.5 Å². The molecule has 0 spiro atoms. The summed E-state index contributed by atoms with van der Waals surface area (Å²) >= 11 is 10.6. The third kappa shape index (κ3) is 4.61. The first-order valence-electron chi connectivity index (χ1n) is 11.8. The fraction of sp³-hybridized carbons (Fsp3) is 0.185. The Morgan fingerprint density at radius 1 is 1.11 bits per heavy atom. The van der Waals surface area contributed by atoms with Gasteiger partial charge in [-0.15, -0.1) is 22.7 Å². The molecule has 0 radical (unpaired) electrons. The fourth-order valence-corrected chi connectivity index (χ4v) is 7.87. The van der Waals surface area contributed by atoms with Crippen molar-refractivity contribution >= 4 is 73.0 Å². The van der Waals surface area contributed by atoms with Gasteiger partial charge in [0.15, 0.2) is 10.3 Å². The first-order chi connectivity index (χ1) is 18.0. The molecule has 0 aliphatic heterocycles. The number of halogens is 1. The van der Waals surface area contributed by atoms with E-state index in [9.17, 15) is 9.59 Å². The van der Waals surface area contributed by atoms with Crippen molar-refractivity contribution in [2.45, 2.75) is 37.1 Å². The smallest absolute Gasteiger partial charge is 0.267 e. The minimum Gasteiger partial charge on any atom is -0.274 e. The standard InChI is InChI=1S/C27H21ClN4O2S3/c1-16(33)31(19-6-3-2-4-7-19)26-29-18(14-35-26)15-36-27-30-24-23(21-8-5-9-22(21)37-24)25(34)32(27)20-12-10-17(28)11-13-20/h2-4,6-7,10-14H,5,8-9,15H2,1H3. The zero-order valence-corrected chi connectivity index (χ0v) is 23.0. The number of rotatable bonds is 6. The van der Waals surface area contributed by atoms with Crippen molar-refractivity contribution in [3.8, 4) is 5.69 Å². The van der Waals surface area contributed by atoms with Gasteiger partial charge in [-0.1, -0.05) is 41.6 Å². The molecule has 0 saturated heterocycles. The average molecular weight is 565 g/mol. The number of nitrogens with zero attached hydrogens (tertiary/aromatic N) is 4. The fourth-order valence-electron chi connectivity index (χ4n) is 4.55. The number of thioether (sulfide) groups is 1. The molecule has 2 aromatic carbocycles. The highest BCUT2D eigenvalue weighted by molar-refractivity contribution is 7.98. The Morgan fingerprint density at radius 3 is 2.65 bits per heavy atom. The van der Waals surface area contributed by atoms with Crippen molar-refractivity contribution < 1.29 is 4.79 Å². The molecule has 1 amide bonds. The van der Waals surface area contributed by atoms with Crippen LogP contribution < -0.4 is 10.5 Å². The summed E-state index contributed by atoms with van der Waals surface area (Å²) in [5.41, 5.74) is 3.44. The van der Waals surface area contributed by atoms with Crippen LogP contribution >= 0.6 is 46.0 Å². The van der Waals surface area contributed by atoms with Crippen LogP contribution in [0.2, 0.25) is 5.02 Å². The predicted molar refractivity (Wildman–Crippen MR) is 153 cm³/mol. The number of aromatic nitrogens is 3. The highest BCUT2D eigenvalue weighted by Crippen LogP contribution is 2.37. The van der Waals surface area contributed by atoms with Gasteiger partial charge in [0.25, 0.3) is 5.56 Å². The first kappa shape index (κ1) is 24.4. The molecule has 10 heteroatoms. The Bertz CT molecular complexity index is 1680. The number of hydrogen-bond donors (Lipinski definition) is 0. The lowest BCUT2D eigenvalue weighted by Gasteiger charge is -2.17. The molecule has 186 valence electrons. The summed E-state index contributed by atoms with van der Waals surface area (Å²) in [5.74, 6) is 0.405. The van der Waals surface area contributed by atoms with E-state index in [1.165, 1.54) is 34.9 Å². The second-order valence-electron chi connectivity index (χ2n) is 8.65. The highest BCUT2D eigenvalue weighted by Gasteiger charge is 2.24. The van der Waals surface area contributed by atoms with Crippen LogP contribution in [0.3, 0.4) is 0 Å². The van der Waals surface area contributed by atoms with E-state index in [0.29, 0.717) is 21.1 Å². The molecular formula is C27H21ClN4O2S3. The van der Waals surface area contributed by atoms with E-state index in [1.807, 2.05) is 47.8 Å². The van der Waals surface area contributed by atoms with E-state index in [0.717, 1.165) is 52.1 Å². The molecule has 0 saturated carbocycles. The molecule has 5 aromatic rings. The zero-order chi connectivity index (χ0) is 25.5. The number of fused-ring (bicyclic) bond motifs is 3. The number of aryl methyl sites for hydroxylation is 2. The quantitative estimate of drug-likeness (QED) is 0.164. The van der Waals surface area contributed by atoms with Crippen molar-refractivity contribution in [2.75, 3.05) is 4.90 Å². The monoisotopic (exact) mass is 564 g/mol. The van der Waals surface area contributed by atoms with Crippen LogP contribution in [0.4, 0.5) is 10.8 Å². The number of carbonyl (C=O) groups excluding carboxylic acids is 1. The first-order valence-corrected chi connectivity index (χ1v) is 14.8. The van der Waals surface area contributed by atoms with Crippen molar-refractivity contribution in [3.63, 3.8) is 0 Å². The number of para-hydroxylation sites is 1. The molecule has 3 aromatic heterocycles. The van der Waals surface area contributed by atoms with Crippen LogP contribution in [0.5, 0.6) is 0 Å². The molecular weight excluding hydrogens is 544 g/mol. The van der Waals surface area contributed by atoms with Gasteiger partial charge in [0.05, 0.1) is 22.5 Å². The largest absolute Gasteiger partial charge is 0.274 e. The van der Waals surface area contributed by atoms with E-state index in [2.05, 4.69) is 0 Å².